The van der Waals surface area contributed by atoms with Crippen molar-refractivity contribution in [3.05, 3.63) is 29.8 Å². The number of nitrogens with two attached hydrogens (primary N) is 1. The molecule has 0 spiro atoms. The lowest BCUT2D eigenvalue weighted by Crippen LogP contribution is -2.33. The van der Waals surface area contributed by atoms with Crippen molar-refractivity contribution in [1.82, 2.24) is 5.43 Å². The standard InChI is InChI=1S/C17H22N4O3/c1-11(20-21-17(24)15(18)22)13-8-5-9-14(10-13)19-16(23)12-6-3-2-4-7-12/h5,8-10,12H,2-4,6-7H2,1H3,(H2,18,22)(H,19,23)(H,21,24)/b20-11+. The summed E-state index contributed by atoms with van der Waals surface area (Å²) in [5.74, 6) is -1.95. The predicted molar refractivity (Wildman–Crippen MR) is 91.2 cm³/mol. The molecule has 128 valence electrons. The zero-order valence-electron chi connectivity index (χ0n) is 13.7. The van der Waals surface area contributed by atoms with Gasteiger partial charge in [0.1, 0.15) is 0 Å². The number of carbonyl (C=O) groups is 3. The van der Waals surface area contributed by atoms with E-state index in [0.29, 0.717) is 11.4 Å². The van der Waals surface area contributed by atoms with Gasteiger partial charge in [-0.2, -0.15) is 5.10 Å². The van der Waals surface area contributed by atoms with E-state index in [9.17, 15) is 14.4 Å². The summed E-state index contributed by atoms with van der Waals surface area (Å²) in [7, 11) is 0. The van der Waals surface area contributed by atoms with Crippen LogP contribution in [0.2, 0.25) is 0 Å². The van der Waals surface area contributed by atoms with Crippen molar-refractivity contribution in [3.63, 3.8) is 0 Å². The molecule has 3 amide bonds. The van der Waals surface area contributed by atoms with Gasteiger partial charge in [0.2, 0.25) is 5.91 Å². The van der Waals surface area contributed by atoms with Crippen molar-refractivity contribution in [2.45, 2.75) is 39.0 Å². The Balaban J connectivity index is 2.02. The number of benzene rings is 1. The van der Waals surface area contributed by atoms with Gasteiger partial charge in [0.15, 0.2) is 0 Å². The van der Waals surface area contributed by atoms with Crippen LogP contribution in [0, 0.1) is 5.92 Å². The first-order valence-electron chi connectivity index (χ1n) is 8.02. The number of primary amides is 1. The molecule has 0 saturated heterocycles. The van der Waals surface area contributed by atoms with E-state index in [1.807, 2.05) is 0 Å². The minimum absolute atomic E-state index is 0.0449. The summed E-state index contributed by atoms with van der Waals surface area (Å²) < 4.78 is 0. The number of hydrogen-bond acceptors (Lipinski definition) is 4. The monoisotopic (exact) mass is 330 g/mol. The fourth-order valence-electron chi connectivity index (χ4n) is 2.69. The Morgan fingerprint density at radius 3 is 2.54 bits per heavy atom. The highest BCUT2D eigenvalue weighted by Gasteiger charge is 2.21. The maximum Gasteiger partial charge on any atom is 0.329 e. The number of hydrogen-bond donors (Lipinski definition) is 3. The summed E-state index contributed by atoms with van der Waals surface area (Å²) >= 11 is 0. The van der Waals surface area contributed by atoms with Gasteiger partial charge in [-0.25, -0.2) is 5.43 Å². The van der Waals surface area contributed by atoms with E-state index in [-0.39, 0.29) is 11.8 Å². The number of rotatable bonds is 4. The van der Waals surface area contributed by atoms with E-state index < -0.39 is 11.8 Å². The van der Waals surface area contributed by atoms with Gasteiger partial charge in [0.05, 0.1) is 5.71 Å². The van der Waals surface area contributed by atoms with Gasteiger partial charge in [-0.15, -0.1) is 0 Å². The molecule has 0 aliphatic heterocycles. The lowest BCUT2D eigenvalue weighted by atomic mass is 9.88. The average Bonchev–Trinajstić information content (AvgIpc) is 2.60. The van der Waals surface area contributed by atoms with Crippen LogP contribution >= 0.6 is 0 Å². The molecule has 1 aliphatic carbocycles. The topological polar surface area (TPSA) is 114 Å². The number of carbonyl (C=O) groups excluding carboxylic acids is 3. The van der Waals surface area contributed by atoms with Crippen molar-refractivity contribution in [2.24, 2.45) is 16.8 Å². The second-order valence-corrected chi connectivity index (χ2v) is 5.91. The van der Waals surface area contributed by atoms with Crippen LogP contribution in [-0.2, 0) is 14.4 Å². The normalized spacial score (nSPS) is 15.6. The fraction of sp³-hybridized carbons (Fsp3) is 0.412. The number of anilines is 1. The van der Waals surface area contributed by atoms with E-state index >= 15 is 0 Å². The van der Waals surface area contributed by atoms with E-state index in [4.69, 9.17) is 5.73 Å². The van der Waals surface area contributed by atoms with Gasteiger partial charge in [0.25, 0.3) is 0 Å². The first-order valence-corrected chi connectivity index (χ1v) is 8.02. The van der Waals surface area contributed by atoms with Gasteiger partial charge < -0.3 is 11.1 Å². The van der Waals surface area contributed by atoms with Gasteiger partial charge in [-0.05, 0) is 37.5 Å². The third kappa shape index (κ3) is 4.91. The number of amides is 3. The smallest absolute Gasteiger partial charge is 0.329 e. The van der Waals surface area contributed by atoms with E-state index in [1.54, 1.807) is 31.2 Å². The largest absolute Gasteiger partial charge is 0.361 e. The third-order valence-electron chi connectivity index (χ3n) is 4.07. The maximum absolute atomic E-state index is 12.3. The summed E-state index contributed by atoms with van der Waals surface area (Å²) in [6, 6.07) is 7.17. The van der Waals surface area contributed by atoms with Gasteiger partial charge in [-0.3, -0.25) is 14.4 Å². The van der Waals surface area contributed by atoms with Crippen LogP contribution in [0.3, 0.4) is 0 Å². The Labute approximate surface area is 140 Å². The molecule has 0 radical (unpaired) electrons. The highest BCUT2D eigenvalue weighted by molar-refractivity contribution is 6.34. The van der Waals surface area contributed by atoms with Crippen molar-refractivity contribution >= 4 is 29.1 Å². The van der Waals surface area contributed by atoms with Gasteiger partial charge >= 0.3 is 11.8 Å². The molecule has 1 aliphatic rings. The van der Waals surface area contributed by atoms with Crippen LogP contribution in [0.1, 0.15) is 44.6 Å². The zero-order valence-corrected chi connectivity index (χ0v) is 13.7. The molecule has 1 aromatic carbocycles. The molecular formula is C17H22N4O3. The molecule has 2 rings (SSSR count). The molecule has 7 heteroatoms. The molecular weight excluding hydrogens is 308 g/mol. The minimum Gasteiger partial charge on any atom is -0.361 e. The van der Waals surface area contributed by atoms with Crippen LogP contribution in [0.25, 0.3) is 0 Å². The molecule has 24 heavy (non-hydrogen) atoms. The number of nitrogens with one attached hydrogen (secondary N) is 2. The predicted octanol–water partition coefficient (Wildman–Crippen LogP) is 1.53. The Kier molecular flexibility index (Phi) is 6.06. The Hall–Kier alpha value is -2.70. The lowest BCUT2D eigenvalue weighted by Gasteiger charge is -2.20. The lowest BCUT2D eigenvalue weighted by molar-refractivity contribution is -0.137. The molecule has 1 saturated carbocycles. The average molecular weight is 330 g/mol. The van der Waals surface area contributed by atoms with E-state index in [0.717, 1.165) is 31.2 Å². The van der Waals surface area contributed by atoms with Crippen LogP contribution < -0.4 is 16.5 Å². The highest BCUT2D eigenvalue weighted by Crippen LogP contribution is 2.25. The van der Waals surface area contributed by atoms with Crippen molar-refractivity contribution in [1.29, 1.82) is 0 Å². The first-order chi connectivity index (χ1) is 11.5. The molecule has 0 bridgehead atoms. The molecule has 1 fully saturated rings. The molecule has 0 heterocycles. The molecule has 7 nitrogen and oxygen atoms in total. The Morgan fingerprint density at radius 1 is 1.17 bits per heavy atom. The van der Waals surface area contributed by atoms with Crippen molar-refractivity contribution in [2.75, 3.05) is 5.32 Å². The molecule has 0 atom stereocenters. The van der Waals surface area contributed by atoms with Crippen LogP contribution in [0.15, 0.2) is 29.4 Å². The van der Waals surface area contributed by atoms with E-state index in [1.165, 1.54) is 6.42 Å². The summed E-state index contributed by atoms with van der Waals surface area (Å²) in [6.45, 7) is 1.68. The third-order valence-corrected chi connectivity index (χ3v) is 4.07. The number of nitrogens with zero attached hydrogens (tertiary/aromatic N) is 1. The molecule has 4 N–H and O–H groups in total. The molecule has 0 unspecified atom stereocenters. The minimum atomic E-state index is -1.10. The summed E-state index contributed by atoms with van der Waals surface area (Å²) in [4.78, 5) is 34.1. The second kappa shape index (κ2) is 8.24. The summed E-state index contributed by atoms with van der Waals surface area (Å²) in [6.07, 6.45) is 5.27. The second-order valence-electron chi connectivity index (χ2n) is 5.91. The van der Waals surface area contributed by atoms with Gasteiger partial charge in [-0.1, -0.05) is 31.4 Å². The maximum atomic E-state index is 12.3. The number of hydrazone groups is 1. The van der Waals surface area contributed by atoms with Crippen LogP contribution in [-0.4, -0.2) is 23.4 Å². The molecule has 0 aromatic heterocycles. The van der Waals surface area contributed by atoms with Gasteiger partial charge in [0, 0.05) is 11.6 Å². The SMILES string of the molecule is C/C(=N\NC(=O)C(N)=O)c1cccc(NC(=O)C2CCCCC2)c1. The quantitative estimate of drug-likeness (QED) is 0.442. The van der Waals surface area contributed by atoms with Crippen molar-refractivity contribution in [3.8, 4) is 0 Å². The highest BCUT2D eigenvalue weighted by atomic mass is 16.2. The zero-order chi connectivity index (χ0) is 17.5. The summed E-state index contributed by atoms with van der Waals surface area (Å²) in [5.41, 5.74) is 8.82. The Morgan fingerprint density at radius 2 is 1.88 bits per heavy atom. The Bertz CT molecular complexity index is 664. The van der Waals surface area contributed by atoms with Crippen LogP contribution in [0.5, 0.6) is 0 Å². The van der Waals surface area contributed by atoms with Crippen molar-refractivity contribution < 1.29 is 14.4 Å². The molecule has 1 aromatic rings. The fourth-order valence-corrected chi connectivity index (χ4v) is 2.69. The van der Waals surface area contributed by atoms with Crippen LogP contribution in [0.4, 0.5) is 5.69 Å². The first kappa shape index (κ1) is 17.7. The summed E-state index contributed by atoms with van der Waals surface area (Å²) in [5, 5.41) is 6.76. The van der Waals surface area contributed by atoms with E-state index in [2.05, 4.69) is 15.8 Å².